The number of ether oxygens (including phenoxy) is 1. The number of benzene rings is 2. The molecule has 2 aromatic rings. The number of hydrogen-bond acceptors (Lipinski definition) is 4. The molecule has 0 saturated heterocycles. The van der Waals surface area contributed by atoms with Crippen molar-refractivity contribution in [2.24, 2.45) is 0 Å². The fourth-order valence-electron chi connectivity index (χ4n) is 2.55. The highest BCUT2D eigenvalue weighted by molar-refractivity contribution is 7.89. The Morgan fingerprint density at radius 2 is 1.96 bits per heavy atom. The maximum atomic E-state index is 13.0. The van der Waals surface area contributed by atoms with E-state index in [2.05, 4.69) is 16.6 Å². The quantitative estimate of drug-likeness (QED) is 0.576. The predicted molar refractivity (Wildman–Crippen MR) is 110 cm³/mol. The van der Waals surface area contributed by atoms with Gasteiger partial charge in [0.2, 0.25) is 15.9 Å². The Balaban J connectivity index is 2.34. The van der Waals surface area contributed by atoms with Gasteiger partial charge in [-0.15, -0.1) is 6.58 Å². The number of hydrogen-bond donors (Lipinski definition) is 2. The maximum Gasteiger partial charge on any atom is 0.245 e. The van der Waals surface area contributed by atoms with Crippen LogP contribution in [0.3, 0.4) is 0 Å². The molecule has 8 heteroatoms. The van der Waals surface area contributed by atoms with Gasteiger partial charge < -0.3 is 10.1 Å². The van der Waals surface area contributed by atoms with Crippen molar-refractivity contribution in [3.63, 3.8) is 0 Å². The van der Waals surface area contributed by atoms with Gasteiger partial charge in [0.1, 0.15) is 16.7 Å². The summed E-state index contributed by atoms with van der Waals surface area (Å²) in [7, 11) is -4.07. The lowest BCUT2D eigenvalue weighted by molar-refractivity contribution is -0.122. The van der Waals surface area contributed by atoms with Crippen LogP contribution in [0.15, 0.2) is 66.1 Å². The second kappa shape index (κ2) is 10.3. The van der Waals surface area contributed by atoms with Gasteiger partial charge in [0.15, 0.2) is 0 Å². The van der Waals surface area contributed by atoms with Crippen molar-refractivity contribution in [3.8, 4) is 5.75 Å². The van der Waals surface area contributed by atoms with E-state index in [4.69, 9.17) is 16.3 Å². The second-order valence-electron chi connectivity index (χ2n) is 5.92. The highest BCUT2D eigenvalue weighted by Crippen LogP contribution is 2.27. The lowest BCUT2D eigenvalue weighted by atomic mass is 10.1. The zero-order valence-corrected chi connectivity index (χ0v) is 17.1. The number of carbonyl (C=O) groups is 1. The summed E-state index contributed by atoms with van der Waals surface area (Å²) in [5.41, 5.74) is 0.820. The highest BCUT2D eigenvalue weighted by atomic mass is 35.5. The first-order chi connectivity index (χ1) is 13.4. The van der Waals surface area contributed by atoms with E-state index in [0.717, 1.165) is 5.56 Å². The number of halogens is 1. The molecule has 1 atom stereocenters. The Kier molecular flexibility index (Phi) is 8.04. The summed E-state index contributed by atoms with van der Waals surface area (Å²) in [6.45, 7) is 5.82. The summed E-state index contributed by atoms with van der Waals surface area (Å²) in [6, 6.07) is 12.5. The summed E-state index contributed by atoms with van der Waals surface area (Å²) in [4.78, 5) is 12.4. The van der Waals surface area contributed by atoms with Crippen LogP contribution in [0.25, 0.3) is 0 Å². The molecular weight excluding hydrogens is 400 g/mol. The minimum Gasteiger partial charge on any atom is -0.492 e. The van der Waals surface area contributed by atoms with Crippen molar-refractivity contribution in [1.82, 2.24) is 10.0 Å². The summed E-state index contributed by atoms with van der Waals surface area (Å²) in [5.74, 6) is -0.281. The molecule has 0 aliphatic heterocycles. The molecule has 0 saturated carbocycles. The molecule has 0 aliphatic carbocycles. The largest absolute Gasteiger partial charge is 0.492 e. The standard InChI is InChI=1S/C20H23ClN2O4S/c1-3-12-22-20(24)17(13-15-8-6-5-7-9-15)23-28(25,26)19-14-16(21)10-11-18(19)27-4-2/h3,5-11,14,17,23H,1,4,12-13H2,2H3,(H,22,24). The molecule has 1 unspecified atom stereocenters. The molecule has 0 radical (unpaired) electrons. The summed E-state index contributed by atoms with van der Waals surface area (Å²) in [6.07, 6.45) is 1.71. The van der Waals surface area contributed by atoms with Crippen molar-refractivity contribution in [1.29, 1.82) is 0 Å². The number of sulfonamides is 1. The Hall–Kier alpha value is -2.35. The van der Waals surface area contributed by atoms with Gasteiger partial charge in [0.25, 0.3) is 0 Å². The molecular formula is C20H23ClN2O4S. The van der Waals surface area contributed by atoms with E-state index in [9.17, 15) is 13.2 Å². The van der Waals surface area contributed by atoms with Gasteiger partial charge in [-0.25, -0.2) is 8.42 Å². The Labute approximate surface area is 170 Å². The topological polar surface area (TPSA) is 84.5 Å². The molecule has 0 heterocycles. The molecule has 150 valence electrons. The first-order valence-corrected chi connectivity index (χ1v) is 10.6. The van der Waals surface area contributed by atoms with Gasteiger partial charge >= 0.3 is 0 Å². The highest BCUT2D eigenvalue weighted by Gasteiger charge is 2.28. The number of rotatable bonds is 10. The van der Waals surface area contributed by atoms with E-state index in [-0.39, 0.29) is 35.2 Å². The van der Waals surface area contributed by atoms with E-state index in [1.807, 2.05) is 30.3 Å². The van der Waals surface area contributed by atoms with Gasteiger partial charge in [-0.2, -0.15) is 4.72 Å². The van der Waals surface area contributed by atoms with Crippen molar-refractivity contribution in [2.75, 3.05) is 13.2 Å². The third-order valence-electron chi connectivity index (χ3n) is 3.81. The molecule has 0 spiro atoms. The maximum absolute atomic E-state index is 13.0. The first-order valence-electron chi connectivity index (χ1n) is 8.74. The molecule has 2 aromatic carbocycles. The molecule has 0 aliphatic rings. The van der Waals surface area contributed by atoms with Crippen LogP contribution < -0.4 is 14.8 Å². The van der Waals surface area contributed by atoms with Gasteiger partial charge in [0, 0.05) is 11.6 Å². The van der Waals surface area contributed by atoms with E-state index >= 15 is 0 Å². The minimum atomic E-state index is -4.07. The predicted octanol–water partition coefficient (Wildman–Crippen LogP) is 2.93. The molecule has 0 bridgehead atoms. The summed E-state index contributed by atoms with van der Waals surface area (Å²) >= 11 is 5.98. The Bertz CT molecular complexity index is 917. The molecule has 6 nitrogen and oxygen atoms in total. The fraction of sp³-hybridized carbons (Fsp3) is 0.250. The zero-order chi connectivity index (χ0) is 20.6. The third-order valence-corrected chi connectivity index (χ3v) is 5.54. The fourth-order valence-corrected chi connectivity index (χ4v) is 4.15. The van der Waals surface area contributed by atoms with E-state index in [0.29, 0.717) is 0 Å². The van der Waals surface area contributed by atoms with Crippen LogP contribution in [-0.2, 0) is 21.2 Å². The molecule has 1 amide bonds. The van der Waals surface area contributed by atoms with Crippen molar-refractivity contribution in [3.05, 3.63) is 71.8 Å². The van der Waals surface area contributed by atoms with Gasteiger partial charge in [-0.3, -0.25) is 4.79 Å². The van der Waals surface area contributed by atoms with Crippen LogP contribution in [0.5, 0.6) is 5.75 Å². The molecule has 0 aromatic heterocycles. The van der Waals surface area contributed by atoms with Crippen LogP contribution in [0.2, 0.25) is 5.02 Å². The zero-order valence-electron chi connectivity index (χ0n) is 15.5. The molecule has 28 heavy (non-hydrogen) atoms. The summed E-state index contributed by atoms with van der Waals surface area (Å²) < 4.78 is 33.9. The lowest BCUT2D eigenvalue weighted by Crippen LogP contribution is -2.48. The van der Waals surface area contributed by atoms with Crippen LogP contribution in [-0.4, -0.2) is 33.5 Å². The normalized spacial score (nSPS) is 12.2. The van der Waals surface area contributed by atoms with Crippen molar-refractivity contribution in [2.45, 2.75) is 24.3 Å². The van der Waals surface area contributed by atoms with E-state index in [1.54, 1.807) is 13.0 Å². The molecule has 2 rings (SSSR count). The van der Waals surface area contributed by atoms with Crippen molar-refractivity contribution >= 4 is 27.5 Å². The van der Waals surface area contributed by atoms with E-state index in [1.165, 1.54) is 18.2 Å². The van der Waals surface area contributed by atoms with Crippen LogP contribution in [0.1, 0.15) is 12.5 Å². The number of amides is 1. The molecule has 2 N–H and O–H groups in total. The average Bonchev–Trinajstić information content (AvgIpc) is 2.67. The number of carbonyl (C=O) groups excluding carboxylic acids is 1. The van der Waals surface area contributed by atoms with Crippen LogP contribution in [0.4, 0.5) is 0 Å². The number of nitrogens with one attached hydrogen (secondary N) is 2. The second-order valence-corrected chi connectivity index (χ2v) is 8.04. The smallest absolute Gasteiger partial charge is 0.245 e. The Morgan fingerprint density at radius 1 is 1.25 bits per heavy atom. The minimum absolute atomic E-state index is 0.114. The third kappa shape index (κ3) is 6.09. The molecule has 0 fully saturated rings. The summed E-state index contributed by atoms with van der Waals surface area (Å²) in [5, 5.41) is 2.89. The Morgan fingerprint density at radius 3 is 2.61 bits per heavy atom. The van der Waals surface area contributed by atoms with Crippen molar-refractivity contribution < 1.29 is 17.9 Å². The first kappa shape index (κ1) is 21.9. The SMILES string of the molecule is C=CCNC(=O)C(Cc1ccccc1)NS(=O)(=O)c1cc(Cl)ccc1OCC. The lowest BCUT2D eigenvalue weighted by Gasteiger charge is -2.19. The van der Waals surface area contributed by atoms with Gasteiger partial charge in [0.05, 0.1) is 6.61 Å². The van der Waals surface area contributed by atoms with Crippen LogP contribution >= 0.6 is 11.6 Å². The van der Waals surface area contributed by atoms with Gasteiger partial charge in [-0.1, -0.05) is 48.0 Å². The van der Waals surface area contributed by atoms with Crippen LogP contribution in [0, 0.1) is 0 Å². The monoisotopic (exact) mass is 422 g/mol. The average molecular weight is 423 g/mol. The van der Waals surface area contributed by atoms with Gasteiger partial charge in [-0.05, 0) is 37.1 Å². The van der Waals surface area contributed by atoms with E-state index < -0.39 is 22.0 Å².